The number of halogens is 5. The van der Waals surface area contributed by atoms with Gasteiger partial charge in [0.05, 0.1) is 12.2 Å². The number of nitrogens with zero attached hydrogens (tertiary/aromatic N) is 2. The summed E-state index contributed by atoms with van der Waals surface area (Å²) in [4.78, 5) is 13.8. The molecule has 1 N–H and O–H groups in total. The molecule has 0 aromatic heterocycles. The maximum atomic E-state index is 14.0. The van der Waals surface area contributed by atoms with E-state index in [-0.39, 0.29) is 35.9 Å². The van der Waals surface area contributed by atoms with E-state index in [0.29, 0.717) is 24.6 Å². The Morgan fingerprint density at radius 1 is 1.24 bits per heavy atom. The van der Waals surface area contributed by atoms with Gasteiger partial charge in [0.15, 0.2) is 0 Å². The Labute approximate surface area is 164 Å². The fourth-order valence-corrected chi connectivity index (χ4v) is 3.63. The number of rotatable bonds is 4. The molecule has 3 rings (SSSR count). The average Bonchev–Trinajstić information content (AvgIpc) is 2.99. The van der Waals surface area contributed by atoms with Crippen LogP contribution in [0.1, 0.15) is 37.8 Å². The summed E-state index contributed by atoms with van der Waals surface area (Å²) in [6.45, 7) is 3.55. The van der Waals surface area contributed by atoms with Gasteiger partial charge in [-0.3, -0.25) is 4.79 Å². The van der Waals surface area contributed by atoms with Gasteiger partial charge in [-0.05, 0) is 38.5 Å². The summed E-state index contributed by atoms with van der Waals surface area (Å²) in [5.74, 6) is -5.24. The Hall–Kier alpha value is -2.20. The van der Waals surface area contributed by atoms with Crippen molar-refractivity contribution in [2.24, 2.45) is 0 Å². The van der Waals surface area contributed by atoms with E-state index < -0.39 is 23.3 Å². The summed E-state index contributed by atoms with van der Waals surface area (Å²) in [7, 11) is 1.36. The van der Waals surface area contributed by atoms with Crippen LogP contribution >= 0.6 is 0 Å². The predicted octanol–water partition coefficient (Wildman–Crippen LogP) is 4.17. The van der Waals surface area contributed by atoms with Gasteiger partial charge in [0, 0.05) is 36.7 Å². The Balaban J connectivity index is 2.26. The second-order valence-corrected chi connectivity index (χ2v) is 7.69. The summed E-state index contributed by atoms with van der Waals surface area (Å²) in [5, 5.41) is 10.6. The highest BCUT2D eigenvalue weighted by molar-refractivity contribution is 5.91. The molecular formula is C19H21F5N2O3. The number of likely N-dealkylation sites (N-methyl/N-ethyl adjacent to an activating group) is 1. The monoisotopic (exact) mass is 420 g/mol. The number of ether oxygens (including phenoxy) is 1. The molecule has 10 heteroatoms. The first-order valence-electron chi connectivity index (χ1n) is 8.98. The number of hydrogen-bond donors (Lipinski definition) is 1. The molecule has 0 saturated carbocycles. The zero-order valence-electron chi connectivity index (χ0n) is 16.1. The van der Waals surface area contributed by atoms with Crippen molar-refractivity contribution in [3.63, 3.8) is 0 Å². The average molecular weight is 420 g/mol. The van der Waals surface area contributed by atoms with Gasteiger partial charge >= 0.3 is 12.1 Å². The van der Waals surface area contributed by atoms with E-state index in [2.05, 4.69) is 0 Å². The molecule has 0 aliphatic carbocycles. The molecule has 1 amide bonds. The van der Waals surface area contributed by atoms with Crippen LogP contribution in [0.3, 0.4) is 0 Å². The highest BCUT2D eigenvalue weighted by Gasteiger charge is 2.59. The molecule has 1 aromatic rings. The van der Waals surface area contributed by atoms with Crippen molar-refractivity contribution in [3.8, 4) is 5.75 Å². The lowest BCUT2D eigenvalue weighted by Crippen LogP contribution is -2.42. The number of alkyl halides is 5. The first kappa shape index (κ1) is 21.5. The molecule has 1 saturated heterocycles. The van der Waals surface area contributed by atoms with Crippen molar-refractivity contribution in [2.75, 3.05) is 20.1 Å². The summed E-state index contributed by atoms with van der Waals surface area (Å²) in [5.41, 5.74) is -1.70. The number of likely N-dealkylation sites (tertiary alicyclic amines) is 1. The van der Waals surface area contributed by atoms with Gasteiger partial charge < -0.3 is 14.8 Å². The van der Waals surface area contributed by atoms with Crippen LogP contribution < -0.4 is 4.74 Å². The first-order chi connectivity index (χ1) is 13.3. The molecule has 0 spiro atoms. The van der Waals surface area contributed by atoms with Crippen molar-refractivity contribution in [1.29, 1.82) is 0 Å². The maximum absolute atomic E-state index is 14.0. The first-order valence-corrected chi connectivity index (χ1v) is 8.98. The van der Waals surface area contributed by atoms with E-state index in [0.717, 1.165) is 17.2 Å². The van der Waals surface area contributed by atoms with Gasteiger partial charge in [0.25, 0.3) is 0 Å². The largest absolute Gasteiger partial charge is 0.483 e. The van der Waals surface area contributed by atoms with Crippen LogP contribution in [-0.2, 0) is 10.7 Å². The van der Waals surface area contributed by atoms with Crippen molar-refractivity contribution in [3.05, 3.63) is 34.9 Å². The minimum atomic E-state index is -5.77. The molecule has 0 unspecified atom stereocenters. The van der Waals surface area contributed by atoms with Crippen LogP contribution in [0.25, 0.3) is 5.70 Å². The fourth-order valence-electron chi connectivity index (χ4n) is 3.63. The van der Waals surface area contributed by atoms with E-state index in [1.807, 2.05) is 0 Å². The van der Waals surface area contributed by atoms with E-state index in [4.69, 9.17) is 4.74 Å². The minimum absolute atomic E-state index is 0.0298. The molecule has 2 aliphatic heterocycles. The van der Waals surface area contributed by atoms with Crippen molar-refractivity contribution in [1.82, 2.24) is 9.96 Å². The molecule has 1 fully saturated rings. The highest BCUT2D eigenvalue weighted by atomic mass is 19.4. The van der Waals surface area contributed by atoms with E-state index in [1.165, 1.54) is 11.9 Å². The molecule has 29 heavy (non-hydrogen) atoms. The molecular weight excluding hydrogens is 399 g/mol. The molecule has 160 valence electrons. The Morgan fingerprint density at radius 3 is 2.41 bits per heavy atom. The fraction of sp³-hybridized carbons (Fsp3) is 0.526. The van der Waals surface area contributed by atoms with Crippen LogP contribution in [0.4, 0.5) is 22.0 Å². The zero-order chi connectivity index (χ0) is 21.8. The lowest BCUT2D eigenvalue weighted by atomic mass is 9.87. The molecule has 0 radical (unpaired) electrons. The third-order valence-corrected chi connectivity index (χ3v) is 5.06. The molecule has 2 aliphatic rings. The molecule has 0 atom stereocenters. The lowest BCUT2D eigenvalue weighted by molar-refractivity contribution is -0.289. The number of amides is 1. The number of carbonyl (C=O) groups excluding carboxylic acids is 1. The van der Waals surface area contributed by atoms with Crippen molar-refractivity contribution < 1.29 is 36.7 Å². The van der Waals surface area contributed by atoms with Crippen molar-refractivity contribution >= 4 is 11.6 Å². The van der Waals surface area contributed by atoms with E-state index in [9.17, 15) is 32.0 Å². The van der Waals surface area contributed by atoms with Crippen molar-refractivity contribution in [2.45, 2.75) is 44.4 Å². The second-order valence-electron chi connectivity index (χ2n) is 7.69. The summed E-state index contributed by atoms with van der Waals surface area (Å²) < 4.78 is 72.4. The topological polar surface area (TPSA) is 53.0 Å². The molecule has 5 nitrogen and oxygen atoms in total. The second kappa shape index (κ2) is 6.94. The lowest BCUT2D eigenvalue weighted by Gasteiger charge is -2.40. The Bertz CT molecular complexity index is 862. The Morgan fingerprint density at radius 2 is 1.90 bits per heavy atom. The van der Waals surface area contributed by atoms with Gasteiger partial charge in [-0.1, -0.05) is 0 Å². The summed E-state index contributed by atoms with van der Waals surface area (Å²) in [6.07, 6.45) is -5.00. The molecule has 0 bridgehead atoms. The standard InChI is InChI=1S/C19H21F5N2O3/c1-17(2)13(10-25(3)28)16(26-8-4-5-15(26)27)12-9-11(6-7-14(12)29-17)18(20,21)19(22,23)24/h6-7,9,28H,4-5,8,10H2,1-3H3. The summed E-state index contributed by atoms with van der Waals surface area (Å²) >= 11 is 0. The quantitative estimate of drug-likeness (QED) is 0.587. The van der Waals surface area contributed by atoms with Crippen LogP contribution in [-0.4, -0.2) is 53.0 Å². The number of hydrogen-bond acceptors (Lipinski definition) is 4. The Kier molecular flexibility index (Phi) is 5.15. The van der Waals surface area contributed by atoms with E-state index >= 15 is 0 Å². The molecule has 2 heterocycles. The zero-order valence-corrected chi connectivity index (χ0v) is 16.1. The van der Waals surface area contributed by atoms with Crippen LogP contribution in [0.15, 0.2) is 23.8 Å². The van der Waals surface area contributed by atoms with Gasteiger partial charge in [-0.25, -0.2) is 0 Å². The SMILES string of the molecule is CN(O)CC1=C(N2CCCC2=O)c2cc(C(F)(F)C(F)(F)F)ccc2OC1(C)C. The van der Waals surface area contributed by atoms with Gasteiger partial charge in [-0.2, -0.15) is 27.0 Å². The normalized spacial score (nSPS) is 19.7. The highest BCUT2D eigenvalue weighted by Crippen LogP contribution is 2.48. The van der Waals surface area contributed by atoms with Gasteiger partial charge in [0.1, 0.15) is 11.4 Å². The third kappa shape index (κ3) is 3.71. The van der Waals surface area contributed by atoms with Gasteiger partial charge in [-0.15, -0.1) is 0 Å². The third-order valence-electron chi connectivity index (χ3n) is 5.06. The number of benzene rings is 1. The minimum Gasteiger partial charge on any atom is -0.483 e. The number of fused-ring (bicyclic) bond motifs is 1. The van der Waals surface area contributed by atoms with Crippen LogP contribution in [0.5, 0.6) is 5.75 Å². The van der Waals surface area contributed by atoms with Crippen LogP contribution in [0, 0.1) is 0 Å². The predicted molar refractivity (Wildman–Crippen MR) is 93.4 cm³/mol. The number of carbonyl (C=O) groups is 1. The summed E-state index contributed by atoms with van der Waals surface area (Å²) in [6, 6.07) is 2.46. The van der Waals surface area contributed by atoms with E-state index in [1.54, 1.807) is 13.8 Å². The number of hydroxylamine groups is 2. The molecule has 1 aromatic carbocycles. The smallest absolute Gasteiger partial charge is 0.458 e. The van der Waals surface area contributed by atoms with Gasteiger partial charge in [0.2, 0.25) is 5.91 Å². The maximum Gasteiger partial charge on any atom is 0.458 e. The van der Waals surface area contributed by atoms with Crippen LogP contribution in [0.2, 0.25) is 0 Å².